The molecule has 2 N–H and O–H groups in total. The lowest BCUT2D eigenvalue weighted by atomic mass is 10.0. The largest absolute Gasteiger partial charge is 0.485 e. The van der Waals surface area contributed by atoms with Crippen molar-refractivity contribution in [2.24, 2.45) is 0 Å². The van der Waals surface area contributed by atoms with Gasteiger partial charge in [-0.15, -0.1) is 10.2 Å². The van der Waals surface area contributed by atoms with E-state index < -0.39 is 18.6 Å². The van der Waals surface area contributed by atoms with E-state index >= 15 is 0 Å². The van der Waals surface area contributed by atoms with Crippen molar-refractivity contribution in [3.8, 4) is 5.75 Å². The fourth-order valence-electron chi connectivity index (χ4n) is 3.15. The Labute approximate surface area is 199 Å². The molecule has 3 aromatic rings. The lowest BCUT2D eigenvalue weighted by Crippen LogP contribution is -2.39. The number of carbonyl (C=O) groups excluding carboxylic acids is 1. The second-order valence-electron chi connectivity index (χ2n) is 7.99. The Balaban J connectivity index is 1.63. The summed E-state index contributed by atoms with van der Waals surface area (Å²) in [6.45, 7) is 4.43. The van der Waals surface area contributed by atoms with Gasteiger partial charge in [0.15, 0.2) is 5.82 Å². The number of hydrogen-bond donors (Lipinski definition) is 1. The third-order valence-electron chi connectivity index (χ3n) is 4.86. The first-order valence-corrected chi connectivity index (χ1v) is 11.4. The Hall–Kier alpha value is -3.15. The maximum Gasteiger partial charge on any atom is 0.406 e. The van der Waals surface area contributed by atoms with Crippen molar-refractivity contribution in [2.75, 3.05) is 18.1 Å². The first-order chi connectivity index (χ1) is 16.0. The highest BCUT2D eigenvalue weighted by Gasteiger charge is 2.33. The number of nitrogens with zero attached hydrogens (tertiary/aromatic N) is 4. The number of benzene rings is 1. The van der Waals surface area contributed by atoms with Gasteiger partial charge in [-0.25, -0.2) is 4.68 Å². The predicted octanol–water partition coefficient (Wildman–Crippen LogP) is 4.28. The van der Waals surface area contributed by atoms with Gasteiger partial charge in [0.2, 0.25) is 11.1 Å². The second-order valence-corrected chi connectivity index (χ2v) is 8.93. The molecule has 0 saturated heterocycles. The molecule has 0 radical (unpaired) electrons. The van der Waals surface area contributed by atoms with Crippen molar-refractivity contribution < 1.29 is 27.1 Å². The first kappa shape index (κ1) is 25.5. The molecule has 8 nitrogen and oxygen atoms in total. The van der Waals surface area contributed by atoms with E-state index in [1.807, 2.05) is 25.1 Å². The van der Waals surface area contributed by atoms with Crippen LogP contribution in [0.1, 0.15) is 42.5 Å². The van der Waals surface area contributed by atoms with Crippen LogP contribution in [-0.2, 0) is 17.9 Å². The van der Waals surface area contributed by atoms with E-state index in [0.29, 0.717) is 16.5 Å². The van der Waals surface area contributed by atoms with E-state index in [9.17, 15) is 18.0 Å². The van der Waals surface area contributed by atoms with Gasteiger partial charge in [-0.05, 0) is 42.2 Å². The number of furan rings is 1. The summed E-state index contributed by atoms with van der Waals surface area (Å²) in [5, 5.41) is 8.12. The van der Waals surface area contributed by atoms with Crippen molar-refractivity contribution in [3.63, 3.8) is 0 Å². The first-order valence-electron chi connectivity index (χ1n) is 10.5. The van der Waals surface area contributed by atoms with Crippen LogP contribution < -0.4 is 10.6 Å². The molecule has 0 spiro atoms. The Bertz CT molecular complexity index is 1100. The van der Waals surface area contributed by atoms with Crippen LogP contribution in [0.15, 0.2) is 46.2 Å². The highest BCUT2D eigenvalue weighted by Crippen LogP contribution is 2.28. The van der Waals surface area contributed by atoms with E-state index in [4.69, 9.17) is 15.0 Å². The summed E-state index contributed by atoms with van der Waals surface area (Å²) < 4.78 is 51.0. The van der Waals surface area contributed by atoms with Crippen LogP contribution in [0.2, 0.25) is 0 Å². The van der Waals surface area contributed by atoms with Gasteiger partial charge in [-0.3, -0.25) is 4.79 Å². The van der Waals surface area contributed by atoms with Gasteiger partial charge in [0, 0.05) is 0 Å². The Morgan fingerprint density at radius 2 is 2.06 bits per heavy atom. The molecule has 0 atom stereocenters. The number of aromatic nitrogens is 3. The maximum atomic E-state index is 13.0. The lowest BCUT2D eigenvalue weighted by molar-refractivity contribution is -0.161. The van der Waals surface area contributed by atoms with Crippen molar-refractivity contribution in [2.45, 2.75) is 51.2 Å². The van der Waals surface area contributed by atoms with Gasteiger partial charge < -0.3 is 19.9 Å². The van der Waals surface area contributed by atoms with Gasteiger partial charge in [0.05, 0.1) is 18.6 Å². The van der Waals surface area contributed by atoms with Crippen LogP contribution in [0, 0.1) is 6.92 Å². The third-order valence-corrected chi connectivity index (χ3v) is 5.79. The quantitative estimate of drug-likeness (QED) is 0.330. The highest BCUT2D eigenvalue weighted by atomic mass is 32.2. The SMILES string of the molecule is Cc1ccc(C(C)C)c(OCc2nnc(SCC(=O)N(Cc3ccco3)CC(F)(F)F)n2N)c1. The van der Waals surface area contributed by atoms with Crippen LogP contribution in [0.25, 0.3) is 0 Å². The van der Waals surface area contributed by atoms with Crippen molar-refractivity contribution in [1.82, 2.24) is 19.8 Å². The molecule has 0 saturated carbocycles. The van der Waals surface area contributed by atoms with Gasteiger partial charge in [-0.1, -0.05) is 37.7 Å². The fraction of sp³-hybridized carbons (Fsp3) is 0.409. The predicted molar refractivity (Wildman–Crippen MR) is 121 cm³/mol. The number of amides is 1. The summed E-state index contributed by atoms with van der Waals surface area (Å²) in [6.07, 6.45) is -3.21. The summed E-state index contributed by atoms with van der Waals surface area (Å²) in [5.41, 5.74) is 2.08. The van der Waals surface area contributed by atoms with Crippen LogP contribution in [0.5, 0.6) is 5.75 Å². The number of halogens is 3. The molecule has 1 amide bonds. The summed E-state index contributed by atoms with van der Waals surface area (Å²) in [7, 11) is 0. The molecule has 0 aliphatic rings. The number of thioether (sulfide) groups is 1. The van der Waals surface area contributed by atoms with E-state index in [2.05, 4.69) is 24.0 Å². The zero-order valence-corrected chi connectivity index (χ0v) is 19.8. The van der Waals surface area contributed by atoms with E-state index in [1.165, 1.54) is 17.0 Å². The number of alkyl halides is 3. The smallest absolute Gasteiger partial charge is 0.406 e. The zero-order chi connectivity index (χ0) is 24.9. The fourth-order valence-corrected chi connectivity index (χ4v) is 3.92. The van der Waals surface area contributed by atoms with E-state index in [1.54, 1.807) is 6.07 Å². The van der Waals surface area contributed by atoms with Crippen LogP contribution in [-0.4, -0.2) is 44.2 Å². The molecule has 2 heterocycles. The molecule has 3 rings (SSSR count). The lowest BCUT2D eigenvalue weighted by Gasteiger charge is -2.22. The van der Waals surface area contributed by atoms with Crippen LogP contribution in [0.3, 0.4) is 0 Å². The van der Waals surface area contributed by atoms with Crippen molar-refractivity contribution >= 4 is 17.7 Å². The number of nitrogens with two attached hydrogens (primary N) is 1. The molecule has 1 aromatic carbocycles. The Kier molecular flexibility index (Phi) is 8.13. The number of carbonyl (C=O) groups is 1. The molecule has 0 aliphatic carbocycles. The van der Waals surface area contributed by atoms with E-state index in [0.717, 1.165) is 22.9 Å². The number of rotatable bonds is 10. The molecule has 0 bridgehead atoms. The normalized spacial score (nSPS) is 11.7. The molecule has 0 fully saturated rings. The van der Waals surface area contributed by atoms with Gasteiger partial charge in [-0.2, -0.15) is 13.2 Å². The Morgan fingerprint density at radius 1 is 1.29 bits per heavy atom. The second kappa shape index (κ2) is 10.9. The molecule has 184 valence electrons. The summed E-state index contributed by atoms with van der Waals surface area (Å²) in [5.74, 6) is 6.53. The number of hydrogen-bond acceptors (Lipinski definition) is 7. The topological polar surface area (TPSA) is 99.4 Å². The zero-order valence-electron chi connectivity index (χ0n) is 19.0. The van der Waals surface area contributed by atoms with Gasteiger partial charge in [0.25, 0.3) is 0 Å². The minimum Gasteiger partial charge on any atom is -0.485 e. The van der Waals surface area contributed by atoms with Crippen LogP contribution in [0.4, 0.5) is 13.2 Å². The average molecular weight is 498 g/mol. The molecular weight excluding hydrogens is 471 g/mol. The van der Waals surface area contributed by atoms with Crippen molar-refractivity contribution in [3.05, 3.63) is 59.3 Å². The van der Waals surface area contributed by atoms with Crippen molar-refractivity contribution in [1.29, 1.82) is 0 Å². The molecular formula is C22H26F3N5O3S. The number of ether oxygens (including phenoxy) is 1. The molecule has 0 aliphatic heterocycles. The minimum atomic E-state index is -4.55. The molecule has 0 unspecified atom stereocenters. The number of aryl methyl sites for hydroxylation is 1. The average Bonchev–Trinajstić information content (AvgIpc) is 3.38. The van der Waals surface area contributed by atoms with Crippen LogP contribution >= 0.6 is 11.8 Å². The standard InChI is InChI=1S/C22H26F3N5O3S/c1-14(2)17-7-6-15(3)9-18(17)33-11-19-27-28-21(30(19)26)34-12-20(31)29(13-22(23,24)25)10-16-5-4-8-32-16/h4-9,14H,10-13,26H2,1-3H3. The Morgan fingerprint density at radius 3 is 2.71 bits per heavy atom. The van der Waals surface area contributed by atoms with Gasteiger partial charge >= 0.3 is 6.18 Å². The summed E-state index contributed by atoms with van der Waals surface area (Å²) in [4.78, 5) is 13.2. The maximum absolute atomic E-state index is 13.0. The van der Waals surface area contributed by atoms with Gasteiger partial charge in [0.1, 0.15) is 24.7 Å². The summed E-state index contributed by atoms with van der Waals surface area (Å²) in [6, 6.07) is 8.99. The minimum absolute atomic E-state index is 0.0415. The monoisotopic (exact) mass is 497 g/mol. The molecule has 12 heteroatoms. The third kappa shape index (κ3) is 6.92. The molecule has 34 heavy (non-hydrogen) atoms. The van der Waals surface area contributed by atoms with E-state index in [-0.39, 0.29) is 35.7 Å². The molecule has 2 aromatic heterocycles. The summed E-state index contributed by atoms with van der Waals surface area (Å²) >= 11 is 0.895. The highest BCUT2D eigenvalue weighted by molar-refractivity contribution is 7.99. The number of nitrogen functional groups attached to an aromatic ring is 1.